The van der Waals surface area contributed by atoms with Crippen molar-refractivity contribution in [1.29, 1.82) is 0 Å². The molecule has 0 saturated carbocycles. The minimum absolute atomic E-state index is 0.108. The molecule has 0 bridgehead atoms. The van der Waals surface area contributed by atoms with Crippen LogP contribution in [0.25, 0.3) is 0 Å². The van der Waals surface area contributed by atoms with Crippen LogP contribution < -0.4 is 16.0 Å². The summed E-state index contributed by atoms with van der Waals surface area (Å²) in [4.78, 5) is 0. The molecular formula is C13H18F2N2O. The average molecular weight is 256 g/mol. The Morgan fingerprint density at radius 2 is 2.22 bits per heavy atom. The molecule has 0 aliphatic rings. The third-order valence-electron chi connectivity index (χ3n) is 2.55. The van der Waals surface area contributed by atoms with E-state index in [1.165, 1.54) is 6.07 Å². The van der Waals surface area contributed by atoms with E-state index >= 15 is 0 Å². The lowest BCUT2D eigenvalue weighted by Gasteiger charge is -2.17. The average Bonchev–Trinajstić information content (AvgIpc) is 2.29. The summed E-state index contributed by atoms with van der Waals surface area (Å²) in [5.41, 5.74) is 4.54. The van der Waals surface area contributed by atoms with Crippen molar-refractivity contribution in [2.45, 2.75) is 32.4 Å². The van der Waals surface area contributed by atoms with E-state index in [1.807, 2.05) is 13.0 Å². The fourth-order valence-electron chi connectivity index (χ4n) is 1.64. The van der Waals surface area contributed by atoms with Crippen molar-refractivity contribution in [1.82, 2.24) is 5.43 Å². The molecule has 1 aromatic carbocycles. The van der Waals surface area contributed by atoms with Gasteiger partial charge in [-0.1, -0.05) is 17.7 Å². The van der Waals surface area contributed by atoms with E-state index in [1.54, 1.807) is 12.1 Å². The number of alkyl halides is 2. The lowest BCUT2D eigenvalue weighted by Crippen LogP contribution is -2.28. The highest BCUT2D eigenvalue weighted by atomic mass is 19.3. The van der Waals surface area contributed by atoms with E-state index in [4.69, 9.17) is 5.84 Å². The van der Waals surface area contributed by atoms with Gasteiger partial charge in [-0.2, -0.15) is 8.78 Å². The normalized spacial score (nSPS) is 12.5. The van der Waals surface area contributed by atoms with Gasteiger partial charge in [0.1, 0.15) is 5.75 Å². The minimum atomic E-state index is -2.82. The molecule has 0 radical (unpaired) electrons. The lowest BCUT2D eigenvalue weighted by atomic mass is 10.0. The van der Waals surface area contributed by atoms with Crippen LogP contribution >= 0.6 is 0 Å². The van der Waals surface area contributed by atoms with Crippen molar-refractivity contribution in [3.05, 3.63) is 42.0 Å². The van der Waals surface area contributed by atoms with Gasteiger partial charge in [0.15, 0.2) is 0 Å². The number of hydrogen-bond acceptors (Lipinski definition) is 3. The van der Waals surface area contributed by atoms with Gasteiger partial charge in [0.05, 0.1) is 0 Å². The van der Waals surface area contributed by atoms with Gasteiger partial charge in [-0.05, 0) is 37.5 Å². The maximum Gasteiger partial charge on any atom is 0.387 e. The molecule has 0 aliphatic carbocycles. The number of nitrogens with one attached hydrogen (secondary N) is 1. The molecule has 100 valence electrons. The maximum absolute atomic E-state index is 12.1. The van der Waals surface area contributed by atoms with Crippen LogP contribution in [0.3, 0.4) is 0 Å². The van der Waals surface area contributed by atoms with Gasteiger partial charge in [-0.25, -0.2) is 0 Å². The highest BCUT2D eigenvalue weighted by Gasteiger charge is 2.11. The molecule has 0 amide bonds. The lowest BCUT2D eigenvalue weighted by molar-refractivity contribution is -0.0499. The first-order valence-corrected chi connectivity index (χ1v) is 5.68. The van der Waals surface area contributed by atoms with Gasteiger partial charge in [-0.3, -0.25) is 11.3 Å². The number of halogens is 2. The second kappa shape index (κ2) is 7.08. The molecular weight excluding hydrogens is 238 g/mol. The molecule has 3 nitrogen and oxygen atoms in total. The highest BCUT2D eigenvalue weighted by molar-refractivity contribution is 5.30. The summed E-state index contributed by atoms with van der Waals surface area (Å²) in [6.45, 7) is 2.93. The standard InChI is InChI=1S/C13H18F2N2O/c1-9(2)6-7-12(17-16)10-4-3-5-11(8-10)18-13(14)15/h3-5,8,12-13,17H,1,6-7,16H2,2H3. The summed E-state index contributed by atoms with van der Waals surface area (Å²) >= 11 is 0. The van der Waals surface area contributed by atoms with Gasteiger partial charge >= 0.3 is 6.61 Å². The highest BCUT2D eigenvalue weighted by Crippen LogP contribution is 2.24. The molecule has 1 atom stereocenters. The van der Waals surface area contributed by atoms with Crippen LogP contribution in [0.2, 0.25) is 0 Å². The van der Waals surface area contributed by atoms with Crippen LogP contribution in [0.4, 0.5) is 8.78 Å². The number of benzene rings is 1. The van der Waals surface area contributed by atoms with Crippen molar-refractivity contribution in [3.63, 3.8) is 0 Å². The monoisotopic (exact) mass is 256 g/mol. The molecule has 3 N–H and O–H groups in total. The quantitative estimate of drug-likeness (QED) is 0.447. The van der Waals surface area contributed by atoms with Gasteiger partial charge in [0, 0.05) is 6.04 Å². The number of rotatable bonds is 7. The molecule has 0 spiro atoms. The van der Waals surface area contributed by atoms with E-state index < -0.39 is 6.61 Å². The first kappa shape index (κ1) is 14.6. The molecule has 0 saturated heterocycles. The summed E-state index contributed by atoms with van der Waals surface area (Å²) < 4.78 is 28.6. The molecule has 1 aromatic rings. The first-order valence-electron chi connectivity index (χ1n) is 5.68. The zero-order chi connectivity index (χ0) is 13.5. The fraction of sp³-hybridized carbons (Fsp3) is 0.385. The van der Waals surface area contributed by atoms with Crippen molar-refractivity contribution < 1.29 is 13.5 Å². The smallest absolute Gasteiger partial charge is 0.387 e. The van der Waals surface area contributed by atoms with Crippen molar-refractivity contribution in [2.24, 2.45) is 5.84 Å². The molecule has 0 fully saturated rings. The topological polar surface area (TPSA) is 47.3 Å². The van der Waals surface area contributed by atoms with Crippen LogP contribution in [-0.4, -0.2) is 6.61 Å². The summed E-state index contributed by atoms with van der Waals surface area (Å²) in [6.07, 6.45) is 1.57. The van der Waals surface area contributed by atoms with E-state index in [2.05, 4.69) is 16.7 Å². The Morgan fingerprint density at radius 1 is 1.50 bits per heavy atom. The largest absolute Gasteiger partial charge is 0.435 e. The zero-order valence-corrected chi connectivity index (χ0v) is 10.3. The van der Waals surface area contributed by atoms with Gasteiger partial charge in [0.25, 0.3) is 0 Å². The Hall–Kier alpha value is -1.46. The van der Waals surface area contributed by atoms with Gasteiger partial charge in [-0.15, -0.1) is 6.58 Å². The zero-order valence-electron chi connectivity index (χ0n) is 10.3. The Balaban J connectivity index is 2.75. The Kier molecular flexibility index (Phi) is 5.74. The fourth-order valence-corrected chi connectivity index (χ4v) is 1.64. The second-order valence-electron chi connectivity index (χ2n) is 4.17. The molecule has 18 heavy (non-hydrogen) atoms. The number of allylic oxidation sites excluding steroid dienone is 1. The van der Waals surface area contributed by atoms with Gasteiger partial charge in [0.2, 0.25) is 0 Å². The molecule has 0 aliphatic heterocycles. The molecule has 0 heterocycles. The van der Waals surface area contributed by atoms with Crippen molar-refractivity contribution >= 4 is 0 Å². The Bertz CT molecular complexity index is 396. The summed E-state index contributed by atoms with van der Waals surface area (Å²) in [6, 6.07) is 6.43. The second-order valence-corrected chi connectivity index (χ2v) is 4.17. The first-order chi connectivity index (χ1) is 8.52. The number of ether oxygens (including phenoxy) is 1. The number of nitrogens with two attached hydrogens (primary N) is 1. The van der Waals surface area contributed by atoms with Gasteiger partial charge < -0.3 is 4.74 Å². The maximum atomic E-state index is 12.1. The third kappa shape index (κ3) is 4.81. The van der Waals surface area contributed by atoms with E-state index in [9.17, 15) is 8.78 Å². The summed E-state index contributed by atoms with van der Waals surface area (Å²) in [7, 11) is 0. The molecule has 1 unspecified atom stereocenters. The van der Waals surface area contributed by atoms with E-state index in [-0.39, 0.29) is 11.8 Å². The Morgan fingerprint density at radius 3 is 2.78 bits per heavy atom. The predicted molar refractivity (Wildman–Crippen MR) is 67.2 cm³/mol. The molecule has 0 aromatic heterocycles. The van der Waals surface area contributed by atoms with Crippen LogP contribution in [0.15, 0.2) is 36.4 Å². The van der Waals surface area contributed by atoms with Crippen LogP contribution in [0.1, 0.15) is 31.4 Å². The predicted octanol–water partition coefficient (Wildman–Crippen LogP) is 3.15. The third-order valence-corrected chi connectivity index (χ3v) is 2.55. The van der Waals surface area contributed by atoms with Crippen LogP contribution in [-0.2, 0) is 0 Å². The van der Waals surface area contributed by atoms with Crippen molar-refractivity contribution in [2.75, 3.05) is 0 Å². The Labute approximate surface area is 106 Å². The minimum Gasteiger partial charge on any atom is -0.435 e. The summed E-state index contributed by atoms with van der Waals surface area (Å²) in [5.74, 6) is 5.61. The van der Waals surface area contributed by atoms with Crippen LogP contribution in [0, 0.1) is 0 Å². The SMILES string of the molecule is C=C(C)CCC(NN)c1cccc(OC(F)F)c1. The molecule has 1 rings (SSSR count). The van der Waals surface area contributed by atoms with E-state index in [0.717, 1.165) is 24.0 Å². The van der Waals surface area contributed by atoms with Crippen LogP contribution in [0.5, 0.6) is 5.75 Å². The number of hydrazine groups is 1. The molecule has 5 heteroatoms. The number of hydrogen-bond donors (Lipinski definition) is 2. The summed E-state index contributed by atoms with van der Waals surface area (Å²) in [5, 5.41) is 0. The van der Waals surface area contributed by atoms with Crippen molar-refractivity contribution in [3.8, 4) is 5.75 Å². The van der Waals surface area contributed by atoms with E-state index in [0.29, 0.717) is 0 Å².